The van der Waals surface area contributed by atoms with Crippen LogP contribution in [0.3, 0.4) is 0 Å². The molecule has 0 radical (unpaired) electrons. The Hall–Kier alpha value is -4.39. The number of rotatable bonds is 44. The Morgan fingerprint density at radius 1 is 0.513 bits per heavy atom. The first-order valence-electron chi connectivity index (χ1n) is 28.0. The molecule has 0 aromatic carbocycles. The molecule has 1 saturated heterocycles. The normalized spacial score (nSPS) is 20.9. The number of esters is 6. The molecule has 2 heterocycles. The van der Waals surface area contributed by atoms with Crippen LogP contribution in [0.15, 0.2) is 11.8 Å². The number of hydrogen-bond acceptors (Lipinski definition) is 21. The van der Waals surface area contributed by atoms with Gasteiger partial charge in [0.1, 0.15) is 43.2 Å². The van der Waals surface area contributed by atoms with Gasteiger partial charge in [0.05, 0.1) is 33.0 Å². The van der Waals surface area contributed by atoms with Gasteiger partial charge in [-0.2, -0.15) is 0 Å². The van der Waals surface area contributed by atoms with Crippen molar-refractivity contribution in [3.05, 3.63) is 11.8 Å². The maximum atomic E-state index is 12.6. The predicted molar refractivity (Wildman–Crippen MR) is 286 cm³/mol. The summed E-state index contributed by atoms with van der Waals surface area (Å²) < 4.78 is 67.6. The number of thioether (sulfide) groups is 1. The molecule has 0 aromatic rings. The van der Waals surface area contributed by atoms with Gasteiger partial charge in [-0.25, -0.2) is 0 Å². The van der Waals surface area contributed by atoms with Crippen LogP contribution in [0.1, 0.15) is 170 Å². The van der Waals surface area contributed by atoms with E-state index in [1.54, 1.807) is 0 Å². The zero-order valence-corrected chi connectivity index (χ0v) is 48.3. The molecule has 2 rings (SSSR count). The van der Waals surface area contributed by atoms with Gasteiger partial charge in [-0.15, -0.1) is 11.8 Å². The third-order valence-corrected chi connectivity index (χ3v) is 13.3. The smallest absolute Gasteiger partial charge is 0.307 e. The highest BCUT2D eigenvalue weighted by Gasteiger charge is 2.53. The molecule has 2 aliphatic heterocycles. The quantitative estimate of drug-likeness (QED) is 0.0368. The van der Waals surface area contributed by atoms with Crippen molar-refractivity contribution in [2.24, 2.45) is 0 Å². The molecule has 0 spiro atoms. The van der Waals surface area contributed by atoms with Crippen molar-refractivity contribution in [2.75, 3.05) is 71.7 Å². The Kier molecular flexibility index (Phi) is 38.8. The number of unbranched alkanes of at least 4 members (excludes halogenated alkanes) is 17. The fraction of sp³-hybridized carbons (Fsp3) is 0.818. The maximum Gasteiger partial charge on any atom is 0.307 e. The van der Waals surface area contributed by atoms with Gasteiger partial charge >= 0.3 is 35.8 Å². The fourth-order valence-corrected chi connectivity index (χ4v) is 9.57. The van der Waals surface area contributed by atoms with Crippen molar-refractivity contribution < 1.29 is 95.2 Å². The van der Waals surface area contributed by atoms with Crippen LogP contribution in [-0.4, -0.2) is 168 Å². The number of amides is 2. The molecule has 6 unspecified atom stereocenters. The Morgan fingerprint density at radius 2 is 1.01 bits per heavy atom. The summed E-state index contributed by atoms with van der Waals surface area (Å²) in [4.78, 5) is 97.9. The number of ether oxygens (including phenoxy) is 12. The lowest BCUT2D eigenvalue weighted by molar-refractivity contribution is -0.300. The predicted octanol–water partition coefficient (Wildman–Crippen LogP) is 6.64. The number of nitrogens with one attached hydrogen (secondary N) is 2. The molecule has 448 valence electrons. The molecule has 0 bridgehead atoms. The van der Waals surface area contributed by atoms with Crippen LogP contribution >= 0.6 is 11.8 Å². The standard InChI is InChI=1S/C55H92N2O20S/c1-8-9-10-11-12-13-14-15-16-17-18-19-20-21-22-23-24-25-26-49(64)56-27-29-66-30-31-67-32-33-68-38-50(65)57-28-34-78-55-53(74-44(7)63)52(73-43(6)62)51(48(76-55)37-70-40(3)59)77-54-46(72-42(5)61)35-45(71-41(4)60)47(75-54)36-69-39(2)58/h35,46-48,51-55H,8-34,36-38H2,1-7H3,(H,56,64)(H,57,65)/t46?,47?,48?,51?,52?,53?,54-,55-/m0/s1. The molecule has 78 heavy (non-hydrogen) atoms. The minimum atomic E-state index is -1.59. The van der Waals surface area contributed by atoms with Crippen molar-refractivity contribution in [1.82, 2.24) is 10.6 Å². The number of carbonyl (C=O) groups is 8. The molecule has 2 N–H and O–H groups in total. The summed E-state index contributed by atoms with van der Waals surface area (Å²) >= 11 is 1.09. The van der Waals surface area contributed by atoms with Crippen LogP contribution in [0.5, 0.6) is 0 Å². The monoisotopic (exact) mass is 1130 g/mol. The molecular weight excluding hydrogens is 1040 g/mol. The molecule has 22 nitrogen and oxygen atoms in total. The van der Waals surface area contributed by atoms with E-state index < -0.39 is 103 Å². The van der Waals surface area contributed by atoms with Gasteiger partial charge in [-0.05, 0) is 6.42 Å². The Morgan fingerprint density at radius 3 is 1.55 bits per heavy atom. The highest BCUT2D eigenvalue weighted by molar-refractivity contribution is 7.99. The second-order valence-electron chi connectivity index (χ2n) is 19.2. The van der Waals surface area contributed by atoms with E-state index in [-0.39, 0.29) is 43.8 Å². The average molecular weight is 1130 g/mol. The molecular formula is C55H92N2O20S. The highest BCUT2D eigenvalue weighted by atomic mass is 32.2. The lowest BCUT2D eigenvalue weighted by Crippen LogP contribution is -2.63. The first-order chi connectivity index (χ1) is 37.5. The van der Waals surface area contributed by atoms with Crippen molar-refractivity contribution >= 4 is 59.4 Å². The third-order valence-electron chi connectivity index (χ3n) is 12.2. The summed E-state index contributed by atoms with van der Waals surface area (Å²) in [6.45, 7) is 9.74. The van der Waals surface area contributed by atoms with Crippen LogP contribution in [0.2, 0.25) is 0 Å². The van der Waals surface area contributed by atoms with E-state index in [2.05, 4.69) is 17.6 Å². The molecule has 1 fully saturated rings. The second kappa shape index (κ2) is 43.4. The summed E-state index contributed by atoms with van der Waals surface area (Å²) in [5.41, 5.74) is -1.09. The number of hydrogen-bond donors (Lipinski definition) is 2. The summed E-state index contributed by atoms with van der Waals surface area (Å²) in [6, 6.07) is 0. The van der Waals surface area contributed by atoms with Gasteiger partial charge < -0.3 is 67.5 Å². The molecule has 0 aromatic heterocycles. The van der Waals surface area contributed by atoms with Crippen LogP contribution < -0.4 is 10.6 Å². The van der Waals surface area contributed by atoms with E-state index in [0.29, 0.717) is 32.8 Å². The lowest BCUT2D eigenvalue weighted by Gasteiger charge is -2.46. The van der Waals surface area contributed by atoms with E-state index in [1.807, 2.05) is 0 Å². The van der Waals surface area contributed by atoms with Gasteiger partial charge in [0.2, 0.25) is 11.8 Å². The van der Waals surface area contributed by atoms with Crippen molar-refractivity contribution in [3.63, 3.8) is 0 Å². The third kappa shape index (κ3) is 33.9. The van der Waals surface area contributed by atoms with Gasteiger partial charge in [0.15, 0.2) is 30.7 Å². The summed E-state index contributed by atoms with van der Waals surface area (Å²) in [7, 11) is 0. The summed E-state index contributed by atoms with van der Waals surface area (Å²) in [5, 5.41) is 5.62. The van der Waals surface area contributed by atoms with Crippen LogP contribution in [-0.2, 0) is 95.2 Å². The Bertz CT molecular complexity index is 1790. The molecule has 2 aliphatic rings. The summed E-state index contributed by atoms with van der Waals surface area (Å²) in [5.74, 6) is -4.90. The van der Waals surface area contributed by atoms with Crippen LogP contribution in [0, 0.1) is 0 Å². The zero-order valence-electron chi connectivity index (χ0n) is 47.5. The molecule has 0 aliphatic carbocycles. The SMILES string of the molecule is CCCCCCCCCCCCCCCCCCCCC(=O)NCCOCCOCCOCC(=O)NCCS[C@@H]1OC(COC(C)=O)C(O[C@@H]2OC(COC(C)=O)C(OC(C)=O)=CC2OC(C)=O)C(OC(C)=O)C1OC(C)=O. The van der Waals surface area contributed by atoms with Crippen molar-refractivity contribution in [1.29, 1.82) is 0 Å². The van der Waals surface area contributed by atoms with Gasteiger partial charge in [-0.3, -0.25) is 38.4 Å². The van der Waals surface area contributed by atoms with E-state index in [0.717, 1.165) is 66.1 Å². The minimum Gasteiger partial charge on any atom is -0.463 e. The topological polar surface area (TPSA) is 271 Å². The zero-order chi connectivity index (χ0) is 57.3. The average Bonchev–Trinajstić information content (AvgIpc) is 3.37. The van der Waals surface area contributed by atoms with Crippen molar-refractivity contribution in [3.8, 4) is 0 Å². The van der Waals surface area contributed by atoms with Crippen LogP contribution in [0.25, 0.3) is 0 Å². The number of carbonyl (C=O) groups excluding carboxylic acids is 8. The van der Waals surface area contributed by atoms with Crippen molar-refractivity contribution in [2.45, 2.75) is 219 Å². The molecule has 8 atom stereocenters. The van der Waals surface area contributed by atoms with E-state index in [9.17, 15) is 38.4 Å². The van der Waals surface area contributed by atoms with Crippen LogP contribution in [0.4, 0.5) is 0 Å². The fourth-order valence-electron chi connectivity index (χ4n) is 8.49. The maximum absolute atomic E-state index is 12.6. The second-order valence-corrected chi connectivity index (χ2v) is 20.4. The minimum absolute atomic E-state index is 0.0378. The molecule has 0 saturated carbocycles. The lowest BCUT2D eigenvalue weighted by atomic mass is 9.99. The Balaban J connectivity index is 1.71. The van der Waals surface area contributed by atoms with E-state index in [4.69, 9.17) is 56.8 Å². The summed E-state index contributed by atoms with van der Waals surface area (Å²) in [6.07, 6.45) is 15.5. The van der Waals surface area contributed by atoms with E-state index >= 15 is 0 Å². The van der Waals surface area contributed by atoms with E-state index in [1.165, 1.54) is 109 Å². The highest BCUT2D eigenvalue weighted by Crippen LogP contribution is 2.36. The van der Waals surface area contributed by atoms with Gasteiger partial charge in [0.25, 0.3) is 0 Å². The first-order valence-corrected chi connectivity index (χ1v) is 29.1. The largest absolute Gasteiger partial charge is 0.463 e. The first kappa shape index (κ1) is 69.7. The molecule has 2 amide bonds. The Labute approximate surface area is 466 Å². The van der Waals surface area contributed by atoms with Gasteiger partial charge in [-0.1, -0.05) is 116 Å². The molecule has 23 heteroatoms. The van der Waals surface area contributed by atoms with Gasteiger partial charge in [0, 0.05) is 72.9 Å².